The first-order valence-corrected chi connectivity index (χ1v) is 7.97. The number of benzene rings is 4. The molecule has 4 aromatic rings. The van der Waals surface area contributed by atoms with Crippen LogP contribution in [0.25, 0.3) is 33.0 Å². The van der Waals surface area contributed by atoms with Gasteiger partial charge in [0.15, 0.2) is 0 Å². The predicted molar refractivity (Wildman–Crippen MR) is 104 cm³/mol. The molecule has 4 aromatic carbocycles. The van der Waals surface area contributed by atoms with Gasteiger partial charge in [0.05, 0.1) is 0 Å². The molecule has 0 atom stereocenters. The maximum Gasteiger partial charge on any atom is 0.0494 e. The smallest absolute Gasteiger partial charge is 0.0494 e. The van der Waals surface area contributed by atoms with Crippen LogP contribution in [0, 0.1) is 0 Å². The van der Waals surface area contributed by atoms with Gasteiger partial charge in [-0.3, -0.25) is 0 Å². The van der Waals surface area contributed by atoms with Crippen LogP contribution in [0.4, 0.5) is 11.4 Å². The maximum absolute atomic E-state index is 6.52. The van der Waals surface area contributed by atoms with Crippen molar-refractivity contribution in [1.82, 2.24) is 0 Å². The van der Waals surface area contributed by atoms with Crippen LogP contribution in [0.2, 0.25) is 0 Å². The summed E-state index contributed by atoms with van der Waals surface area (Å²) in [7, 11) is 0. The Hall–Kier alpha value is -3.26. The van der Waals surface area contributed by atoms with Gasteiger partial charge >= 0.3 is 0 Å². The SMILES string of the molecule is Nc1c(-c2ccccc2)ccc2ccc(-c3ccccc3)c(N)c12. The molecule has 0 radical (unpaired) electrons. The highest BCUT2D eigenvalue weighted by atomic mass is 14.6. The number of anilines is 2. The summed E-state index contributed by atoms with van der Waals surface area (Å²) in [5, 5.41) is 1.99. The van der Waals surface area contributed by atoms with E-state index in [0.29, 0.717) is 0 Å². The van der Waals surface area contributed by atoms with Crippen molar-refractivity contribution in [2.75, 3.05) is 11.5 Å². The highest BCUT2D eigenvalue weighted by Gasteiger charge is 2.12. The minimum absolute atomic E-state index is 0.731. The molecule has 4 rings (SSSR count). The minimum Gasteiger partial charge on any atom is -0.398 e. The van der Waals surface area contributed by atoms with Gasteiger partial charge in [0.25, 0.3) is 0 Å². The van der Waals surface area contributed by atoms with Crippen molar-refractivity contribution in [2.24, 2.45) is 0 Å². The minimum atomic E-state index is 0.731. The maximum atomic E-state index is 6.52. The molecule has 0 saturated carbocycles. The quantitative estimate of drug-likeness (QED) is 0.491. The van der Waals surface area contributed by atoms with E-state index in [4.69, 9.17) is 11.5 Å². The van der Waals surface area contributed by atoms with Gasteiger partial charge in [0.1, 0.15) is 0 Å². The molecule has 0 amide bonds. The normalized spacial score (nSPS) is 10.8. The number of hydrogen-bond acceptors (Lipinski definition) is 2. The van der Waals surface area contributed by atoms with Gasteiger partial charge in [0.2, 0.25) is 0 Å². The molecule has 0 aliphatic carbocycles. The fourth-order valence-electron chi connectivity index (χ4n) is 3.21. The zero-order chi connectivity index (χ0) is 16.5. The molecule has 0 aromatic heterocycles. The number of nitrogens with two attached hydrogens (primary N) is 2. The summed E-state index contributed by atoms with van der Waals surface area (Å²) >= 11 is 0. The monoisotopic (exact) mass is 310 g/mol. The second-order valence-corrected chi connectivity index (χ2v) is 5.88. The van der Waals surface area contributed by atoms with E-state index < -0.39 is 0 Å². The molecule has 0 spiro atoms. The van der Waals surface area contributed by atoms with E-state index in [1.54, 1.807) is 0 Å². The Morgan fingerprint density at radius 3 is 1.29 bits per heavy atom. The third kappa shape index (κ3) is 2.29. The third-order valence-electron chi connectivity index (χ3n) is 4.44. The second-order valence-electron chi connectivity index (χ2n) is 5.88. The van der Waals surface area contributed by atoms with Crippen LogP contribution in [0.1, 0.15) is 0 Å². The largest absolute Gasteiger partial charge is 0.398 e. The Labute approximate surface area is 141 Å². The van der Waals surface area contributed by atoms with Crippen molar-refractivity contribution < 1.29 is 0 Å². The van der Waals surface area contributed by atoms with Crippen LogP contribution >= 0.6 is 0 Å². The first-order chi connectivity index (χ1) is 11.8. The van der Waals surface area contributed by atoms with E-state index in [0.717, 1.165) is 44.4 Å². The molecule has 116 valence electrons. The summed E-state index contributed by atoms with van der Waals surface area (Å²) in [6.07, 6.45) is 0. The van der Waals surface area contributed by atoms with Crippen LogP contribution in [-0.4, -0.2) is 0 Å². The summed E-state index contributed by atoms with van der Waals surface area (Å²) < 4.78 is 0. The van der Waals surface area contributed by atoms with Gasteiger partial charge in [-0.25, -0.2) is 0 Å². The molecule has 0 unspecified atom stereocenters. The summed E-state index contributed by atoms with van der Waals surface area (Å²) in [4.78, 5) is 0. The second kappa shape index (κ2) is 5.74. The molecule has 0 aliphatic rings. The van der Waals surface area contributed by atoms with Crippen LogP contribution < -0.4 is 11.5 Å². The lowest BCUT2D eigenvalue weighted by Gasteiger charge is -2.14. The zero-order valence-corrected chi connectivity index (χ0v) is 13.2. The number of hydrogen-bond donors (Lipinski definition) is 2. The van der Waals surface area contributed by atoms with Crippen LogP contribution in [0.5, 0.6) is 0 Å². The van der Waals surface area contributed by atoms with Crippen molar-refractivity contribution in [1.29, 1.82) is 0 Å². The fourth-order valence-corrected chi connectivity index (χ4v) is 3.21. The lowest BCUT2D eigenvalue weighted by Crippen LogP contribution is -1.98. The topological polar surface area (TPSA) is 52.0 Å². The third-order valence-corrected chi connectivity index (χ3v) is 4.44. The first-order valence-electron chi connectivity index (χ1n) is 7.97. The molecule has 0 bridgehead atoms. The summed E-state index contributed by atoms with van der Waals surface area (Å²) in [5.41, 5.74) is 18.7. The Kier molecular flexibility index (Phi) is 3.43. The number of rotatable bonds is 2. The van der Waals surface area contributed by atoms with Crippen molar-refractivity contribution in [3.63, 3.8) is 0 Å². The van der Waals surface area contributed by atoms with E-state index in [-0.39, 0.29) is 0 Å². The van der Waals surface area contributed by atoms with Crippen molar-refractivity contribution in [3.05, 3.63) is 84.9 Å². The molecule has 0 heterocycles. The predicted octanol–water partition coefficient (Wildman–Crippen LogP) is 5.34. The first kappa shape index (κ1) is 14.3. The van der Waals surface area contributed by atoms with E-state index in [1.807, 2.05) is 36.4 Å². The lowest BCUT2D eigenvalue weighted by molar-refractivity contribution is 1.61. The average molecular weight is 310 g/mol. The molecule has 0 aliphatic heterocycles. The molecule has 24 heavy (non-hydrogen) atoms. The zero-order valence-electron chi connectivity index (χ0n) is 13.2. The van der Waals surface area contributed by atoms with E-state index in [9.17, 15) is 0 Å². The summed E-state index contributed by atoms with van der Waals surface area (Å²) in [6, 6.07) is 28.6. The summed E-state index contributed by atoms with van der Waals surface area (Å²) in [6.45, 7) is 0. The average Bonchev–Trinajstić information content (AvgIpc) is 2.63. The van der Waals surface area contributed by atoms with Crippen LogP contribution in [0.15, 0.2) is 84.9 Å². The number of fused-ring (bicyclic) bond motifs is 1. The molecular formula is C22H18N2. The molecule has 4 N–H and O–H groups in total. The van der Waals surface area contributed by atoms with Gasteiger partial charge in [0, 0.05) is 27.9 Å². The Morgan fingerprint density at radius 2 is 0.875 bits per heavy atom. The molecule has 2 nitrogen and oxygen atoms in total. The van der Waals surface area contributed by atoms with E-state index in [2.05, 4.69) is 48.5 Å². The van der Waals surface area contributed by atoms with Gasteiger partial charge < -0.3 is 11.5 Å². The fraction of sp³-hybridized carbons (Fsp3) is 0. The van der Waals surface area contributed by atoms with E-state index >= 15 is 0 Å². The molecule has 2 heteroatoms. The van der Waals surface area contributed by atoms with Crippen molar-refractivity contribution in [2.45, 2.75) is 0 Å². The number of nitrogen functional groups attached to an aromatic ring is 2. The Morgan fingerprint density at radius 1 is 0.458 bits per heavy atom. The molecule has 0 fully saturated rings. The van der Waals surface area contributed by atoms with Gasteiger partial charge in [-0.2, -0.15) is 0 Å². The Balaban J connectivity index is 1.99. The van der Waals surface area contributed by atoms with E-state index in [1.165, 1.54) is 0 Å². The van der Waals surface area contributed by atoms with Crippen LogP contribution in [-0.2, 0) is 0 Å². The highest BCUT2D eigenvalue weighted by molar-refractivity contribution is 6.10. The molecule has 0 saturated heterocycles. The van der Waals surface area contributed by atoms with Crippen molar-refractivity contribution >= 4 is 22.1 Å². The summed E-state index contributed by atoms with van der Waals surface area (Å²) in [5.74, 6) is 0. The van der Waals surface area contributed by atoms with Crippen molar-refractivity contribution in [3.8, 4) is 22.3 Å². The molecular weight excluding hydrogens is 292 g/mol. The van der Waals surface area contributed by atoms with Gasteiger partial charge in [-0.15, -0.1) is 0 Å². The Bertz CT molecular complexity index is 926. The lowest BCUT2D eigenvalue weighted by atomic mass is 9.94. The highest BCUT2D eigenvalue weighted by Crippen LogP contribution is 2.39. The van der Waals surface area contributed by atoms with Gasteiger partial charge in [-0.1, -0.05) is 84.9 Å². The van der Waals surface area contributed by atoms with Gasteiger partial charge in [-0.05, 0) is 16.5 Å². The van der Waals surface area contributed by atoms with Crippen LogP contribution in [0.3, 0.4) is 0 Å². The standard InChI is InChI=1S/C22H18N2/c23-21-18(15-7-3-1-4-8-15)13-11-17-12-14-19(22(24)20(17)21)16-9-5-2-6-10-16/h1-14H,23-24H2.